The van der Waals surface area contributed by atoms with Gasteiger partial charge in [-0.2, -0.15) is 5.26 Å². The van der Waals surface area contributed by atoms with Gasteiger partial charge in [-0.05, 0) is 26.8 Å². The zero-order chi connectivity index (χ0) is 10.5. The van der Waals surface area contributed by atoms with Gasteiger partial charge in [0.05, 0.1) is 18.8 Å². The summed E-state index contributed by atoms with van der Waals surface area (Å²) < 4.78 is 5.57. The van der Waals surface area contributed by atoms with Crippen LogP contribution in [-0.2, 0) is 4.74 Å². The molecule has 0 fully saturated rings. The van der Waals surface area contributed by atoms with E-state index < -0.39 is 5.54 Å². The maximum Gasteiger partial charge on any atom is 0.127 e. The number of likely N-dealkylation sites (N-methyl/N-ethyl adjacent to an activating group) is 1. The van der Waals surface area contributed by atoms with E-state index in [0.717, 1.165) is 0 Å². The third-order valence-electron chi connectivity index (χ3n) is 2.37. The van der Waals surface area contributed by atoms with Crippen molar-refractivity contribution < 1.29 is 4.74 Å². The van der Waals surface area contributed by atoms with Crippen LogP contribution in [0.3, 0.4) is 0 Å². The topological polar surface area (TPSA) is 45.0 Å². The van der Waals surface area contributed by atoms with Gasteiger partial charge >= 0.3 is 0 Å². The molecule has 0 heterocycles. The van der Waals surface area contributed by atoms with Gasteiger partial charge in [-0.1, -0.05) is 13.8 Å². The van der Waals surface area contributed by atoms with Crippen LogP contribution in [0.25, 0.3) is 0 Å². The number of nitriles is 1. The molecule has 0 aromatic rings. The lowest BCUT2D eigenvalue weighted by Gasteiger charge is -2.24. The molecule has 0 aliphatic heterocycles. The van der Waals surface area contributed by atoms with Crippen LogP contribution in [0.5, 0.6) is 0 Å². The zero-order valence-corrected chi connectivity index (χ0v) is 9.22. The van der Waals surface area contributed by atoms with Crippen LogP contribution in [0.15, 0.2) is 0 Å². The third-order valence-corrected chi connectivity index (χ3v) is 2.37. The standard InChI is InChI=1S/C10H20N2O/c1-8(2)9(3)13-7-10(4,6-11)12-5/h8-9,12H,7H2,1-5H3. The van der Waals surface area contributed by atoms with E-state index in [0.29, 0.717) is 12.5 Å². The second kappa shape index (κ2) is 5.21. The first kappa shape index (κ1) is 12.4. The lowest BCUT2D eigenvalue weighted by Crippen LogP contribution is -2.44. The maximum atomic E-state index is 8.84. The molecule has 0 aliphatic carbocycles. The maximum absolute atomic E-state index is 8.84. The van der Waals surface area contributed by atoms with E-state index in [4.69, 9.17) is 10.00 Å². The highest BCUT2D eigenvalue weighted by Crippen LogP contribution is 2.09. The Morgan fingerprint density at radius 1 is 1.46 bits per heavy atom. The summed E-state index contributed by atoms with van der Waals surface area (Å²) in [7, 11) is 1.77. The number of rotatable bonds is 5. The van der Waals surface area contributed by atoms with E-state index >= 15 is 0 Å². The van der Waals surface area contributed by atoms with Crippen molar-refractivity contribution in [2.24, 2.45) is 5.92 Å². The van der Waals surface area contributed by atoms with Crippen molar-refractivity contribution in [2.45, 2.75) is 39.3 Å². The van der Waals surface area contributed by atoms with Crippen LogP contribution in [0.2, 0.25) is 0 Å². The van der Waals surface area contributed by atoms with Gasteiger partial charge in [0.2, 0.25) is 0 Å². The lowest BCUT2D eigenvalue weighted by molar-refractivity contribution is 0.0136. The van der Waals surface area contributed by atoms with Crippen LogP contribution in [0.1, 0.15) is 27.7 Å². The predicted octanol–water partition coefficient (Wildman–Crippen LogP) is 1.55. The SMILES string of the molecule is CNC(C)(C#N)COC(C)C(C)C. The molecule has 76 valence electrons. The molecule has 0 aromatic carbocycles. The van der Waals surface area contributed by atoms with Crippen LogP contribution >= 0.6 is 0 Å². The fourth-order valence-corrected chi connectivity index (χ4v) is 0.651. The molecule has 0 aliphatic rings. The van der Waals surface area contributed by atoms with Gasteiger partial charge in [-0.15, -0.1) is 0 Å². The molecule has 1 N–H and O–H groups in total. The van der Waals surface area contributed by atoms with Gasteiger partial charge in [-0.25, -0.2) is 0 Å². The summed E-state index contributed by atoms with van der Waals surface area (Å²) in [6.07, 6.45) is 0.195. The summed E-state index contributed by atoms with van der Waals surface area (Å²) in [6, 6.07) is 2.19. The van der Waals surface area contributed by atoms with Crippen LogP contribution in [-0.4, -0.2) is 25.3 Å². The van der Waals surface area contributed by atoms with Crippen molar-refractivity contribution in [3.8, 4) is 6.07 Å². The molecular formula is C10H20N2O. The molecule has 2 unspecified atom stereocenters. The Labute approximate surface area is 81.1 Å². The third kappa shape index (κ3) is 4.25. The van der Waals surface area contributed by atoms with Crippen molar-refractivity contribution in [2.75, 3.05) is 13.7 Å². The van der Waals surface area contributed by atoms with Gasteiger partial charge in [0.25, 0.3) is 0 Å². The van der Waals surface area contributed by atoms with Crippen molar-refractivity contribution in [1.82, 2.24) is 5.32 Å². The number of nitrogens with zero attached hydrogens (tertiary/aromatic N) is 1. The second-order valence-corrected chi connectivity index (χ2v) is 3.95. The molecule has 0 rings (SSSR count). The highest BCUT2D eigenvalue weighted by molar-refractivity contribution is 5.03. The Kier molecular flexibility index (Phi) is 4.97. The quantitative estimate of drug-likeness (QED) is 0.705. The highest BCUT2D eigenvalue weighted by atomic mass is 16.5. The van der Waals surface area contributed by atoms with E-state index in [1.165, 1.54) is 0 Å². The summed E-state index contributed by atoms with van der Waals surface area (Å²) in [5.74, 6) is 0.486. The van der Waals surface area contributed by atoms with Gasteiger partial charge in [-0.3, -0.25) is 0 Å². The molecule has 0 amide bonds. The van der Waals surface area contributed by atoms with Crippen molar-refractivity contribution in [3.63, 3.8) is 0 Å². The van der Waals surface area contributed by atoms with Gasteiger partial charge < -0.3 is 10.1 Å². The molecule has 0 saturated heterocycles. The molecule has 0 spiro atoms. The molecule has 2 atom stereocenters. The average molecular weight is 184 g/mol. The Bertz CT molecular complexity index is 186. The first-order chi connectivity index (χ1) is 5.95. The fourth-order valence-electron chi connectivity index (χ4n) is 0.651. The van der Waals surface area contributed by atoms with Crippen molar-refractivity contribution in [3.05, 3.63) is 0 Å². The van der Waals surface area contributed by atoms with Gasteiger partial charge in [0.15, 0.2) is 0 Å². The largest absolute Gasteiger partial charge is 0.375 e. The normalized spacial score (nSPS) is 17.9. The Balaban J connectivity index is 3.94. The van der Waals surface area contributed by atoms with Gasteiger partial charge in [0, 0.05) is 0 Å². The first-order valence-corrected chi connectivity index (χ1v) is 4.67. The predicted molar refractivity (Wildman–Crippen MR) is 53.3 cm³/mol. The number of hydrogen-bond acceptors (Lipinski definition) is 3. The highest BCUT2D eigenvalue weighted by Gasteiger charge is 2.23. The Morgan fingerprint density at radius 3 is 2.31 bits per heavy atom. The Hall–Kier alpha value is -0.590. The summed E-state index contributed by atoms with van der Waals surface area (Å²) in [5, 5.41) is 11.8. The summed E-state index contributed by atoms with van der Waals surface area (Å²) in [6.45, 7) is 8.50. The minimum absolute atomic E-state index is 0.195. The first-order valence-electron chi connectivity index (χ1n) is 4.67. The number of hydrogen-bond donors (Lipinski definition) is 1. The fraction of sp³-hybridized carbons (Fsp3) is 0.900. The van der Waals surface area contributed by atoms with E-state index in [1.54, 1.807) is 7.05 Å². The molecule has 13 heavy (non-hydrogen) atoms. The molecule has 0 aromatic heterocycles. The van der Waals surface area contributed by atoms with E-state index in [-0.39, 0.29) is 6.10 Å². The minimum atomic E-state index is -0.566. The summed E-state index contributed by atoms with van der Waals surface area (Å²) >= 11 is 0. The summed E-state index contributed by atoms with van der Waals surface area (Å²) in [5.41, 5.74) is -0.566. The molecule has 0 bridgehead atoms. The van der Waals surface area contributed by atoms with E-state index in [9.17, 15) is 0 Å². The van der Waals surface area contributed by atoms with Crippen LogP contribution in [0.4, 0.5) is 0 Å². The molecule has 3 nitrogen and oxygen atoms in total. The van der Waals surface area contributed by atoms with Crippen molar-refractivity contribution in [1.29, 1.82) is 5.26 Å². The van der Waals surface area contributed by atoms with E-state index in [1.807, 2.05) is 13.8 Å². The lowest BCUT2D eigenvalue weighted by atomic mass is 10.1. The average Bonchev–Trinajstić information content (AvgIpc) is 2.13. The van der Waals surface area contributed by atoms with Crippen molar-refractivity contribution >= 4 is 0 Å². The smallest absolute Gasteiger partial charge is 0.127 e. The number of nitrogens with one attached hydrogen (secondary N) is 1. The second-order valence-electron chi connectivity index (χ2n) is 3.95. The molecule has 3 heteroatoms. The van der Waals surface area contributed by atoms with Gasteiger partial charge in [0.1, 0.15) is 5.54 Å². The molecular weight excluding hydrogens is 164 g/mol. The zero-order valence-electron chi connectivity index (χ0n) is 9.22. The Morgan fingerprint density at radius 2 is 2.00 bits per heavy atom. The van der Waals surface area contributed by atoms with Crippen LogP contribution in [0, 0.1) is 17.2 Å². The monoisotopic (exact) mass is 184 g/mol. The molecule has 0 radical (unpaired) electrons. The number of ether oxygens (including phenoxy) is 1. The molecule has 0 saturated carbocycles. The minimum Gasteiger partial charge on any atom is -0.375 e. The summed E-state index contributed by atoms with van der Waals surface area (Å²) in [4.78, 5) is 0. The van der Waals surface area contributed by atoms with E-state index in [2.05, 4.69) is 25.2 Å². The van der Waals surface area contributed by atoms with Crippen LogP contribution < -0.4 is 5.32 Å².